The van der Waals surface area contributed by atoms with Crippen LogP contribution in [0.5, 0.6) is 5.75 Å². The minimum atomic E-state index is -0.447. The van der Waals surface area contributed by atoms with Gasteiger partial charge < -0.3 is 14.8 Å². The molecule has 0 aliphatic carbocycles. The molecule has 0 aromatic heterocycles. The van der Waals surface area contributed by atoms with Crippen LogP contribution in [0.4, 0.5) is 0 Å². The van der Waals surface area contributed by atoms with Gasteiger partial charge in [0.1, 0.15) is 11.8 Å². The highest BCUT2D eigenvalue weighted by molar-refractivity contribution is 7.80. The molecule has 0 bridgehead atoms. The van der Waals surface area contributed by atoms with E-state index in [1.165, 1.54) is 7.11 Å². The highest BCUT2D eigenvalue weighted by Crippen LogP contribution is 2.15. The maximum absolute atomic E-state index is 12.3. The van der Waals surface area contributed by atoms with E-state index in [-0.39, 0.29) is 18.3 Å². The molecule has 1 aromatic rings. The van der Waals surface area contributed by atoms with Gasteiger partial charge in [0.15, 0.2) is 5.11 Å². The van der Waals surface area contributed by atoms with Crippen molar-refractivity contribution in [1.82, 2.24) is 10.2 Å². The lowest BCUT2D eigenvalue weighted by Crippen LogP contribution is -2.33. The van der Waals surface area contributed by atoms with E-state index >= 15 is 0 Å². The van der Waals surface area contributed by atoms with Gasteiger partial charge in [-0.15, -0.1) is 0 Å². The lowest BCUT2D eigenvalue weighted by atomic mass is 10.1. The van der Waals surface area contributed by atoms with Crippen molar-refractivity contribution in [2.75, 3.05) is 20.8 Å². The number of nitrogens with one attached hydrogen (secondary N) is 1. The average Bonchev–Trinajstić information content (AvgIpc) is 2.85. The van der Waals surface area contributed by atoms with E-state index in [2.05, 4.69) is 10.1 Å². The van der Waals surface area contributed by atoms with E-state index in [0.29, 0.717) is 24.5 Å². The summed E-state index contributed by atoms with van der Waals surface area (Å²) in [6.45, 7) is 0.506. The molecule has 1 aliphatic rings. The van der Waals surface area contributed by atoms with Crippen molar-refractivity contribution in [1.29, 1.82) is 0 Å². The average molecular weight is 336 g/mol. The fourth-order valence-corrected chi connectivity index (χ4v) is 2.71. The summed E-state index contributed by atoms with van der Waals surface area (Å²) in [4.78, 5) is 25.1. The van der Waals surface area contributed by atoms with Crippen molar-refractivity contribution in [2.45, 2.75) is 25.3 Å². The summed E-state index contributed by atoms with van der Waals surface area (Å²) in [7, 11) is 2.95. The molecule has 0 spiro atoms. The summed E-state index contributed by atoms with van der Waals surface area (Å²) in [6, 6.07) is 7.25. The molecule has 0 saturated carbocycles. The topological polar surface area (TPSA) is 67.9 Å². The van der Waals surface area contributed by atoms with Crippen molar-refractivity contribution < 1.29 is 19.1 Å². The quantitative estimate of drug-likeness (QED) is 0.598. The lowest BCUT2D eigenvalue weighted by molar-refractivity contribution is -0.140. The number of thiocarbonyl (C=S) groups is 1. The van der Waals surface area contributed by atoms with Crippen molar-refractivity contribution >= 4 is 29.2 Å². The molecule has 1 atom stereocenters. The number of esters is 1. The highest BCUT2D eigenvalue weighted by Gasteiger charge is 2.34. The summed E-state index contributed by atoms with van der Waals surface area (Å²) in [6.07, 6.45) is 1.26. The Bertz CT molecular complexity index is 588. The van der Waals surface area contributed by atoms with Gasteiger partial charge in [-0.25, -0.2) is 0 Å². The number of hydrogen-bond acceptors (Lipinski definition) is 5. The molecule has 1 fully saturated rings. The van der Waals surface area contributed by atoms with E-state index < -0.39 is 6.04 Å². The van der Waals surface area contributed by atoms with E-state index in [1.54, 1.807) is 12.0 Å². The molecule has 0 radical (unpaired) electrons. The second-order valence-corrected chi connectivity index (χ2v) is 5.59. The fourth-order valence-electron chi connectivity index (χ4n) is 2.38. The van der Waals surface area contributed by atoms with E-state index in [4.69, 9.17) is 17.0 Å². The predicted molar refractivity (Wildman–Crippen MR) is 89.2 cm³/mol. The molecule has 124 valence electrons. The molecule has 6 nitrogen and oxygen atoms in total. The number of carbonyl (C=O) groups is 2. The second-order valence-electron chi connectivity index (χ2n) is 5.20. The van der Waals surface area contributed by atoms with E-state index in [9.17, 15) is 9.59 Å². The third kappa shape index (κ3) is 4.41. The Labute approximate surface area is 140 Å². The summed E-state index contributed by atoms with van der Waals surface area (Å²) in [5, 5.41) is 3.38. The molecule has 1 amide bonds. The summed E-state index contributed by atoms with van der Waals surface area (Å²) < 4.78 is 9.71. The summed E-state index contributed by atoms with van der Waals surface area (Å²) in [5.74, 6) is 0.376. The Kier molecular flexibility index (Phi) is 5.92. The monoisotopic (exact) mass is 336 g/mol. The van der Waals surface area contributed by atoms with Crippen molar-refractivity contribution in [3.63, 3.8) is 0 Å². The molecule has 0 unspecified atom stereocenters. The lowest BCUT2D eigenvalue weighted by Gasteiger charge is -2.15. The number of hydrogen-bond donors (Lipinski definition) is 1. The second kappa shape index (κ2) is 7.92. The third-order valence-corrected chi connectivity index (χ3v) is 4.09. The summed E-state index contributed by atoms with van der Waals surface area (Å²) in [5.41, 5.74) is 1.10. The van der Waals surface area contributed by atoms with Crippen LogP contribution in [0.3, 0.4) is 0 Å². The van der Waals surface area contributed by atoms with Crippen LogP contribution in [0.1, 0.15) is 18.4 Å². The minimum absolute atomic E-state index is 0.0904. The first-order valence-corrected chi connectivity index (χ1v) is 7.77. The number of rotatable bonds is 7. The van der Waals surface area contributed by atoms with Crippen LogP contribution in [0.2, 0.25) is 0 Å². The largest absolute Gasteiger partial charge is 0.497 e. The number of amides is 1. The third-order valence-electron chi connectivity index (χ3n) is 3.75. The fraction of sp³-hybridized carbons (Fsp3) is 0.438. The van der Waals surface area contributed by atoms with E-state index in [1.807, 2.05) is 24.3 Å². The zero-order valence-corrected chi connectivity index (χ0v) is 14.0. The van der Waals surface area contributed by atoms with Gasteiger partial charge in [-0.05, 0) is 42.8 Å². The molecular formula is C16H20N2O4S. The zero-order valence-electron chi connectivity index (χ0n) is 13.2. The van der Waals surface area contributed by atoms with Gasteiger partial charge in [0.05, 0.1) is 14.2 Å². The highest BCUT2D eigenvalue weighted by atomic mass is 32.1. The number of methoxy groups -OCH3 is 2. The van der Waals surface area contributed by atoms with Crippen molar-refractivity contribution in [3.05, 3.63) is 29.8 Å². The van der Waals surface area contributed by atoms with E-state index in [0.717, 1.165) is 11.3 Å². The molecule has 23 heavy (non-hydrogen) atoms. The molecule has 1 aliphatic heterocycles. The molecule has 7 heteroatoms. The first kappa shape index (κ1) is 17.2. The smallest absolute Gasteiger partial charge is 0.305 e. The zero-order chi connectivity index (χ0) is 16.8. The van der Waals surface area contributed by atoms with Gasteiger partial charge >= 0.3 is 5.97 Å². The van der Waals surface area contributed by atoms with Crippen LogP contribution in [0, 0.1) is 0 Å². The Morgan fingerprint density at radius 2 is 2.00 bits per heavy atom. The number of carbonyl (C=O) groups excluding carboxylic acids is 2. The maximum atomic E-state index is 12.3. The molecule has 2 rings (SSSR count). The standard InChI is InChI=1S/C16H20N2O4S/c1-21-12-5-3-11(4-6-12)9-10-18-15(20)13(17-16(18)23)7-8-14(19)22-2/h3-6,13H,7-10H2,1-2H3,(H,17,23)/t13-/m1/s1. The number of benzene rings is 1. The van der Waals surface area contributed by atoms with Gasteiger partial charge in [0, 0.05) is 13.0 Å². The van der Waals surface area contributed by atoms with Gasteiger partial charge in [-0.3, -0.25) is 14.5 Å². The molecule has 1 heterocycles. The number of ether oxygens (including phenoxy) is 2. The Morgan fingerprint density at radius 1 is 1.30 bits per heavy atom. The molecule has 1 N–H and O–H groups in total. The first-order chi connectivity index (χ1) is 11.0. The minimum Gasteiger partial charge on any atom is -0.497 e. The van der Waals surface area contributed by atoms with Gasteiger partial charge in [-0.2, -0.15) is 0 Å². The summed E-state index contributed by atoms with van der Waals surface area (Å²) >= 11 is 5.22. The van der Waals surface area contributed by atoms with Crippen LogP contribution in [0.15, 0.2) is 24.3 Å². The Morgan fingerprint density at radius 3 is 2.61 bits per heavy atom. The van der Waals surface area contributed by atoms with Crippen LogP contribution in [-0.2, 0) is 20.7 Å². The van der Waals surface area contributed by atoms with Crippen LogP contribution >= 0.6 is 12.2 Å². The normalized spacial score (nSPS) is 17.1. The van der Waals surface area contributed by atoms with Gasteiger partial charge in [0.25, 0.3) is 5.91 Å². The SMILES string of the molecule is COC(=O)CC[C@H]1NC(=S)N(CCc2ccc(OC)cc2)C1=O. The van der Waals surface area contributed by atoms with Crippen molar-refractivity contribution in [2.24, 2.45) is 0 Å². The van der Waals surface area contributed by atoms with Crippen LogP contribution in [-0.4, -0.2) is 48.7 Å². The Hall–Kier alpha value is -2.15. The molecule has 1 saturated heterocycles. The van der Waals surface area contributed by atoms with Gasteiger partial charge in [0.2, 0.25) is 0 Å². The molecule has 1 aromatic carbocycles. The molecular weight excluding hydrogens is 316 g/mol. The predicted octanol–water partition coefficient (Wildman–Crippen LogP) is 1.28. The van der Waals surface area contributed by atoms with Crippen molar-refractivity contribution in [3.8, 4) is 5.75 Å². The number of nitrogens with zero attached hydrogens (tertiary/aromatic N) is 1. The van der Waals surface area contributed by atoms with Gasteiger partial charge in [-0.1, -0.05) is 12.1 Å². The van der Waals surface area contributed by atoms with Crippen LogP contribution in [0.25, 0.3) is 0 Å². The first-order valence-electron chi connectivity index (χ1n) is 7.36. The van der Waals surface area contributed by atoms with Crippen LogP contribution < -0.4 is 10.1 Å². The maximum Gasteiger partial charge on any atom is 0.305 e. The Balaban J connectivity index is 1.88.